The summed E-state index contributed by atoms with van der Waals surface area (Å²) in [6.07, 6.45) is 0.410. The molecule has 0 saturated heterocycles. The van der Waals surface area contributed by atoms with E-state index in [1.807, 2.05) is 19.1 Å². The third kappa shape index (κ3) is 3.67. The van der Waals surface area contributed by atoms with E-state index < -0.39 is 6.10 Å². The summed E-state index contributed by atoms with van der Waals surface area (Å²) in [5, 5.41) is 10.5. The summed E-state index contributed by atoms with van der Waals surface area (Å²) in [7, 11) is 3.28. The zero-order valence-corrected chi connectivity index (χ0v) is 13.1. The van der Waals surface area contributed by atoms with Gasteiger partial charge in [-0.1, -0.05) is 0 Å². The SMILES string of the molecule is CCOCCCN1Cc2c(OC)ccc(OC)c2[C@@H](O)C1. The molecule has 0 amide bonds. The first kappa shape index (κ1) is 16.1. The summed E-state index contributed by atoms with van der Waals surface area (Å²) in [5.41, 5.74) is 1.88. The molecular formula is C16H25NO4. The third-order valence-corrected chi connectivity index (χ3v) is 3.83. The molecule has 1 aromatic rings. The standard InChI is InChI=1S/C16H25NO4/c1-4-21-9-5-8-17-10-12-14(19-2)6-7-15(20-3)16(12)13(18)11-17/h6-7,13,18H,4-5,8-11H2,1-3H3/t13-/m0/s1. The molecule has 1 heterocycles. The summed E-state index contributed by atoms with van der Waals surface area (Å²) in [5.74, 6) is 1.53. The molecule has 0 saturated carbocycles. The topological polar surface area (TPSA) is 51.2 Å². The van der Waals surface area contributed by atoms with Gasteiger partial charge in [-0.3, -0.25) is 4.90 Å². The lowest BCUT2D eigenvalue weighted by atomic mass is 9.95. The van der Waals surface area contributed by atoms with Crippen LogP contribution in [0.25, 0.3) is 0 Å². The lowest BCUT2D eigenvalue weighted by Crippen LogP contribution is -2.35. The molecule has 0 spiro atoms. The molecule has 0 fully saturated rings. The quantitative estimate of drug-likeness (QED) is 0.780. The lowest BCUT2D eigenvalue weighted by molar-refractivity contribution is 0.0766. The van der Waals surface area contributed by atoms with Crippen LogP contribution in [-0.4, -0.2) is 50.5 Å². The molecule has 1 aliphatic heterocycles. The number of hydrogen-bond acceptors (Lipinski definition) is 5. The van der Waals surface area contributed by atoms with Crippen LogP contribution in [0.2, 0.25) is 0 Å². The Morgan fingerprint density at radius 3 is 2.62 bits per heavy atom. The van der Waals surface area contributed by atoms with E-state index in [2.05, 4.69) is 4.90 Å². The zero-order valence-electron chi connectivity index (χ0n) is 13.1. The van der Waals surface area contributed by atoms with Gasteiger partial charge in [0.2, 0.25) is 0 Å². The monoisotopic (exact) mass is 295 g/mol. The Balaban J connectivity index is 2.14. The number of methoxy groups -OCH3 is 2. The average molecular weight is 295 g/mol. The number of aliphatic hydroxyl groups excluding tert-OH is 1. The largest absolute Gasteiger partial charge is 0.496 e. The summed E-state index contributed by atoms with van der Waals surface area (Å²) in [6.45, 7) is 5.78. The first-order chi connectivity index (χ1) is 10.2. The van der Waals surface area contributed by atoms with E-state index in [0.717, 1.165) is 55.4 Å². The van der Waals surface area contributed by atoms with E-state index in [-0.39, 0.29) is 0 Å². The molecule has 0 unspecified atom stereocenters. The van der Waals surface area contributed by atoms with Gasteiger partial charge in [0.1, 0.15) is 11.5 Å². The van der Waals surface area contributed by atoms with E-state index in [4.69, 9.17) is 14.2 Å². The van der Waals surface area contributed by atoms with E-state index in [1.54, 1.807) is 14.2 Å². The van der Waals surface area contributed by atoms with Crippen molar-refractivity contribution >= 4 is 0 Å². The van der Waals surface area contributed by atoms with Crippen LogP contribution in [0.3, 0.4) is 0 Å². The summed E-state index contributed by atoms with van der Waals surface area (Å²) in [6, 6.07) is 3.75. The van der Waals surface area contributed by atoms with Crippen LogP contribution in [0, 0.1) is 0 Å². The van der Waals surface area contributed by atoms with Gasteiger partial charge in [-0.25, -0.2) is 0 Å². The second-order valence-electron chi connectivity index (χ2n) is 5.16. The molecule has 0 bridgehead atoms. The molecule has 5 heteroatoms. The molecule has 21 heavy (non-hydrogen) atoms. The Morgan fingerprint density at radius 2 is 1.95 bits per heavy atom. The van der Waals surface area contributed by atoms with E-state index in [0.29, 0.717) is 6.54 Å². The Kier molecular flexibility index (Phi) is 5.85. The molecule has 5 nitrogen and oxygen atoms in total. The summed E-state index contributed by atoms with van der Waals surface area (Å²) < 4.78 is 16.2. The number of β-amino-alcohol motifs (C(OH)–C–C–N with tert-alkyl or cyclic N) is 1. The van der Waals surface area contributed by atoms with E-state index in [9.17, 15) is 5.11 Å². The second kappa shape index (κ2) is 7.64. The maximum atomic E-state index is 10.5. The predicted molar refractivity (Wildman–Crippen MR) is 80.9 cm³/mol. The van der Waals surface area contributed by atoms with Crippen molar-refractivity contribution in [2.24, 2.45) is 0 Å². The maximum Gasteiger partial charge on any atom is 0.125 e. The van der Waals surface area contributed by atoms with Gasteiger partial charge in [0.15, 0.2) is 0 Å². The highest BCUT2D eigenvalue weighted by molar-refractivity contribution is 5.51. The Morgan fingerprint density at radius 1 is 1.24 bits per heavy atom. The van der Waals surface area contributed by atoms with Gasteiger partial charge in [0.25, 0.3) is 0 Å². The van der Waals surface area contributed by atoms with Gasteiger partial charge in [-0.15, -0.1) is 0 Å². The molecule has 0 aromatic heterocycles. The minimum atomic E-state index is -0.550. The number of nitrogens with zero attached hydrogens (tertiary/aromatic N) is 1. The fourth-order valence-electron chi connectivity index (χ4n) is 2.85. The number of ether oxygens (including phenoxy) is 3. The fourth-order valence-corrected chi connectivity index (χ4v) is 2.85. The number of rotatable bonds is 7. The van der Waals surface area contributed by atoms with Gasteiger partial charge in [-0.05, 0) is 25.5 Å². The molecule has 1 aromatic carbocycles. The smallest absolute Gasteiger partial charge is 0.125 e. The van der Waals surface area contributed by atoms with Crippen LogP contribution in [0.1, 0.15) is 30.6 Å². The van der Waals surface area contributed by atoms with Crippen LogP contribution in [0.15, 0.2) is 12.1 Å². The van der Waals surface area contributed by atoms with Crippen molar-refractivity contribution in [3.8, 4) is 11.5 Å². The molecule has 2 rings (SSSR count). The minimum Gasteiger partial charge on any atom is -0.496 e. The van der Waals surface area contributed by atoms with E-state index in [1.165, 1.54) is 0 Å². The highest BCUT2D eigenvalue weighted by Gasteiger charge is 2.29. The van der Waals surface area contributed by atoms with Gasteiger partial charge >= 0.3 is 0 Å². The molecule has 0 aliphatic carbocycles. The fraction of sp³-hybridized carbons (Fsp3) is 0.625. The van der Waals surface area contributed by atoms with Crippen molar-refractivity contribution in [1.29, 1.82) is 0 Å². The first-order valence-electron chi connectivity index (χ1n) is 7.43. The minimum absolute atomic E-state index is 0.550. The van der Waals surface area contributed by atoms with Gasteiger partial charge in [0.05, 0.1) is 20.3 Å². The van der Waals surface area contributed by atoms with Crippen LogP contribution in [0.4, 0.5) is 0 Å². The lowest BCUT2D eigenvalue weighted by Gasteiger charge is -2.33. The maximum absolute atomic E-state index is 10.5. The molecule has 0 radical (unpaired) electrons. The Bertz CT molecular complexity index is 464. The van der Waals surface area contributed by atoms with Crippen molar-refractivity contribution in [3.05, 3.63) is 23.3 Å². The molecular weight excluding hydrogens is 270 g/mol. The molecule has 1 aliphatic rings. The van der Waals surface area contributed by atoms with Crippen molar-refractivity contribution < 1.29 is 19.3 Å². The van der Waals surface area contributed by atoms with Crippen molar-refractivity contribution in [2.75, 3.05) is 40.5 Å². The van der Waals surface area contributed by atoms with Crippen LogP contribution in [-0.2, 0) is 11.3 Å². The van der Waals surface area contributed by atoms with Crippen LogP contribution < -0.4 is 9.47 Å². The van der Waals surface area contributed by atoms with Crippen LogP contribution in [0.5, 0.6) is 11.5 Å². The highest BCUT2D eigenvalue weighted by atomic mass is 16.5. The van der Waals surface area contributed by atoms with Crippen molar-refractivity contribution in [2.45, 2.75) is 26.0 Å². The molecule has 1 atom stereocenters. The third-order valence-electron chi connectivity index (χ3n) is 3.83. The first-order valence-corrected chi connectivity index (χ1v) is 7.43. The van der Waals surface area contributed by atoms with Crippen molar-refractivity contribution in [3.63, 3.8) is 0 Å². The number of fused-ring (bicyclic) bond motifs is 1. The van der Waals surface area contributed by atoms with Gasteiger partial charge in [-0.2, -0.15) is 0 Å². The number of hydrogen-bond donors (Lipinski definition) is 1. The highest BCUT2D eigenvalue weighted by Crippen LogP contribution is 2.39. The molecule has 1 N–H and O–H groups in total. The number of benzene rings is 1. The number of aliphatic hydroxyl groups is 1. The van der Waals surface area contributed by atoms with Crippen LogP contribution >= 0.6 is 0 Å². The summed E-state index contributed by atoms with van der Waals surface area (Å²) >= 11 is 0. The van der Waals surface area contributed by atoms with E-state index >= 15 is 0 Å². The second-order valence-corrected chi connectivity index (χ2v) is 5.16. The Hall–Kier alpha value is -1.30. The summed E-state index contributed by atoms with van der Waals surface area (Å²) in [4.78, 5) is 2.23. The average Bonchev–Trinajstić information content (AvgIpc) is 2.50. The van der Waals surface area contributed by atoms with Gasteiger partial charge < -0.3 is 19.3 Å². The van der Waals surface area contributed by atoms with Gasteiger partial charge in [0, 0.05) is 44.0 Å². The predicted octanol–water partition coefficient (Wildman–Crippen LogP) is 1.98. The molecule has 118 valence electrons. The Labute approximate surface area is 126 Å². The van der Waals surface area contributed by atoms with Crippen molar-refractivity contribution in [1.82, 2.24) is 4.90 Å². The zero-order chi connectivity index (χ0) is 15.2. The normalized spacial score (nSPS) is 18.4.